The Bertz CT molecular complexity index is 640. The average Bonchev–Trinajstić information content (AvgIpc) is 2.45. The maximum Gasteiger partial charge on any atom is 0.146 e. The highest BCUT2D eigenvalue weighted by Crippen LogP contribution is 2.45. The standard InChI is InChI=1S/C19H22FN/c1-13-7-6-10-16(20)17(13)21-18-15-9-5-4-8-14(15)11-12-19(18,2)3/h4-10,18,21H,11-12H2,1-3H3. The summed E-state index contributed by atoms with van der Waals surface area (Å²) in [4.78, 5) is 0. The van der Waals surface area contributed by atoms with E-state index in [1.54, 1.807) is 6.07 Å². The molecule has 21 heavy (non-hydrogen) atoms. The van der Waals surface area contributed by atoms with E-state index in [4.69, 9.17) is 0 Å². The number of rotatable bonds is 2. The van der Waals surface area contributed by atoms with Crippen molar-refractivity contribution in [3.05, 3.63) is 65.0 Å². The predicted octanol–water partition coefficient (Wildman–Crippen LogP) is 5.26. The molecule has 0 saturated carbocycles. The minimum atomic E-state index is -0.172. The lowest BCUT2D eigenvalue weighted by atomic mass is 9.70. The molecule has 1 unspecified atom stereocenters. The van der Waals surface area contributed by atoms with Crippen LogP contribution in [0.15, 0.2) is 42.5 Å². The number of aryl methyl sites for hydroxylation is 2. The van der Waals surface area contributed by atoms with E-state index in [1.165, 1.54) is 17.2 Å². The highest BCUT2D eigenvalue weighted by Gasteiger charge is 2.36. The summed E-state index contributed by atoms with van der Waals surface area (Å²) in [7, 11) is 0. The Hall–Kier alpha value is -1.83. The first-order valence-electron chi connectivity index (χ1n) is 7.58. The summed E-state index contributed by atoms with van der Waals surface area (Å²) in [5.41, 5.74) is 4.36. The first-order valence-corrected chi connectivity index (χ1v) is 7.58. The van der Waals surface area contributed by atoms with Crippen molar-refractivity contribution < 1.29 is 4.39 Å². The quantitative estimate of drug-likeness (QED) is 0.792. The lowest BCUT2D eigenvalue weighted by molar-refractivity contribution is 0.265. The van der Waals surface area contributed by atoms with Crippen LogP contribution in [0.4, 0.5) is 10.1 Å². The third-order valence-electron chi connectivity index (χ3n) is 4.70. The topological polar surface area (TPSA) is 12.0 Å². The molecule has 0 fully saturated rings. The highest BCUT2D eigenvalue weighted by molar-refractivity contribution is 5.54. The van der Waals surface area contributed by atoms with Gasteiger partial charge in [0.1, 0.15) is 5.82 Å². The molecule has 1 aliphatic carbocycles. The van der Waals surface area contributed by atoms with E-state index in [1.807, 2.05) is 13.0 Å². The fourth-order valence-corrected chi connectivity index (χ4v) is 3.30. The van der Waals surface area contributed by atoms with Gasteiger partial charge in [-0.25, -0.2) is 4.39 Å². The smallest absolute Gasteiger partial charge is 0.146 e. The molecule has 1 nitrogen and oxygen atoms in total. The van der Waals surface area contributed by atoms with Crippen LogP contribution in [0.5, 0.6) is 0 Å². The monoisotopic (exact) mass is 283 g/mol. The minimum absolute atomic E-state index is 0.100. The molecular weight excluding hydrogens is 261 g/mol. The van der Waals surface area contributed by atoms with Gasteiger partial charge in [0.2, 0.25) is 0 Å². The minimum Gasteiger partial charge on any atom is -0.375 e. The first-order chi connectivity index (χ1) is 9.99. The fourth-order valence-electron chi connectivity index (χ4n) is 3.30. The molecule has 0 aromatic heterocycles. The van der Waals surface area contributed by atoms with Crippen LogP contribution in [-0.4, -0.2) is 0 Å². The normalized spacial score (nSPS) is 19.9. The van der Waals surface area contributed by atoms with Crippen LogP contribution in [0, 0.1) is 18.2 Å². The van der Waals surface area contributed by atoms with Crippen molar-refractivity contribution >= 4 is 5.69 Å². The van der Waals surface area contributed by atoms with Crippen molar-refractivity contribution in [2.75, 3.05) is 5.32 Å². The van der Waals surface area contributed by atoms with E-state index in [-0.39, 0.29) is 17.3 Å². The van der Waals surface area contributed by atoms with Crippen molar-refractivity contribution in [2.45, 2.75) is 39.7 Å². The Morgan fingerprint density at radius 2 is 1.86 bits per heavy atom. The lowest BCUT2D eigenvalue weighted by Crippen LogP contribution is -2.33. The SMILES string of the molecule is Cc1cccc(F)c1NC1c2ccccc2CCC1(C)C. The number of halogens is 1. The van der Waals surface area contributed by atoms with Crippen molar-refractivity contribution in [1.29, 1.82) is 0 Å². The van der Waals surface area contributed by atoms with E-state index >= 15 is 0 Å². The van der Waals surface area contributed by atoms with Gasteiger partial charge < -0.3 is 5.32 Å². The van der Waals surface area contributed by atoms with Crippen molar-refractivity contribution in [3.63, 3.8) is 0 Å². The number of benzene rings is 2. The summed E-state index contributed by atoms with van der Waals surface area (Å²) in [5.74, 6) is -0.172. The number of nitrogens with one attached hydrogen (secondary N) is 1. The Balaban J connectivity index is 2.04. The Kier molecular flexibility index (Phi) is 3.48. The molecule has 2 heteroatoms. The predicted molar refractivity (Wildman–Crippen MR) is 86.0 cm³/mol. The van der Waals surface area contributed by atoms with Crippen molar-refractivity contribution in [3.8, 4) is 0 Å². The van der Waals surface area contributed by atoms with Crippen LogP contribution >= 0.6 is 0 Å². The summed E-state index contributed by atoms with van der Waals surface area (Å²) in [6.45, 7) is 6.47. The van der Waals surface area contributed by atoms with Crippen molar-refractivity contribution in [1.82, 2.24) is 0 Å². The molecule has 0 heterocycles. The molecule has 2 aromatic carbocycles. The van der Waals surface area contributed by atoms with E-state index in [9.17, 15) is 4.39 Å². The third-order valence-corrected chi connectivity index (χ3v) is 4.70. The second kappa shape index (κ2) is 5.18. The number of fused-ring (bicyclic) bond motifs is 1. The fraction of sp³-hybridized carbons (Fsp3) is 0.368. The molecule has 1 aliphatic rings. The van der Waals surface area contributed by atoms with Crippen LogP contribution in [0.25, 0.3) is 0 Å². The molecule has 110 valence electrons. The molecule has 0 saturated heterocycles. The third kappa shape index (κ3) is 2.55. The second-order valence-corrected chi connectivity index (χ2v) is 6.70. The lowest BCUT2D eigenvalue weighted by Gasteiger charge is -2.41. The highest BCUT2D eigenvalue weighted by atomic mass is 19.1. The van der Waals surface area contributed by atoms with Gasteiger partial charge in [-0.15, -0.1) is 0 Å². The second-order valence-electron chi connectivity index (χ2n) is 6.70. The largest absolute Gasteiger partial charge is 0.375 e. The van der Waals surface area contributed by atoms with Gasteiger partial charge in [-0.3, -0.25) is 0 Å². The van der Waals surface area contributed by atoms with Gasteiger partial charge in [0.05, 0.1) is 11.7 Å². The van der Waals surface area contributed by atoms with Gasteiger partial charge in [-0.1, -0.05) is 50.2 Å². The van der Waals surface area contributed by atoms with Gasteiger partial charge in [0, 0.05) is 0 Å². The summed E-state index contributed by atoms with van der Waals surface area (Å²) >= 11 is 0. The number of hydrogen-bond donors (Lipinski definition) is 1. The molecule has 0 radical (unpaired) electrons. The van der Waals surface area contributed by atoms with E-state index in [2.05, 4.69) is 43.4 Å². The molecule has 0 bridgehead atoms. The van der Waals surface area contributed by atoms with E-state index in [0.717, 1.165) is 18.4 Å². The summed E-state index contributed by atoms with van der Waals surface area (Å²) in [5, 5.41) is 3.49. The van der Waals surface area contributed by atoms with Crippen LogP contribution in [0.2, 0.25) is 0 Å². The molecule has 0 spiro atoms. The van der Waals surface area contributed by atoms with E-state index in [0.29, 0.717) is 5.69 Å². The first kappa shape index (κ1) is 14.1. The maximum atomic E-state index is 14.2. The number of para-hydroxylation sites is 1. The zero-order valence-electron chi connectivity index (χ0n) is 12.9. The van der Waals surface area contributed by atoms with Crippen LogP contribution in [0.3, 0.4) is 0 Å². The average molecular weight is 283 g/mol. The number of anilines is 1. The van der Waals surface area contributed by atoms with Crippen LogP contribution in [0.1, 0.15) is 43.0 Å². The molecular formula is C19H22FN. The Morgan fingerprint density at radius 3 is 2.62 bits per heavy atom. The van der Waals surface area contributed by atoms with Gasteiger partial charge >= 0.3 is 0 Å². The van der Waals surface area contributed by atoms with Gasteiger partial charge in [-0.05, 0) is 47.9 Å². The van der Waals surface area contributed by atoms with Gasteiger partial charge in [0.25, 0.3) is 0 Å². The summed E-state index contributed by atoms with van der Waals surface area (Å²) in [6.07, 6.45) is 2.20. The molecule has 2 aromatic rings. The summed E-state index contributed by atoms with van der Waals surface area (Å²) in [6, 6.07) is 13.9. The summed E-state index contributed by atoms with van der Waals surface area (Å²) < 4.78 is 14.2. The maximum absolute atomic E-state index is 14.2. The van der Waals surface area contributed by atoms with E-state index < -0.39 is 0 Å². The van der Waals surface area contributed by atoms with Crippen LogP contribution < -0.4 is 5.32 Å². The molecule has 0 amide bonds. The molecule has 1 atom stereocenters. The Morgan fingerprint density at radius 1 is 1.10 bits per heavy atom. The van der Waals surface area contributed by atoms with Gasteiger partial charge in [-0.2, -0.15) is 0 Å². The molecule has 1 N–H and O–H groups in total. The zero-order valence-corrected chi connectivity index (χ0v) is 12.9. The zero-order chi connectivity index (χ0) is 15.0. The number of hydrogen-bond acceptors (Lipinski definition) is 1. The van der Waals surface area contributed by atoms with Gasteiger partial charge in [0.15, 0.2) is 0 Å². The van der Waals surface area contributed by atoms with Crippen molar-refractivity contribution in [2.24, 2.45) is 5.41 Å². The molecule has 3 rings (SSSR count). The Labute approximate surface area is 126 Å². The van der Waals surface area contributed by atoms with Crippen LogP contribution in [-0.2, 0) is 6.42 Å². The molecule has 0 aliphatic heterocycles.